The van der Waals surface area contributed by atoms with Crippen LogP contribution >= 0.6 is 11.6 Å². The first-order valence-corrected chi connectivity index (χ1v) is 13.1. The molecule has 42 heavy (non-hydrogen) atoms. The third-order valence-corrected chi connectivity index (χ3v) is 6.78. The van der Waals surface area contributed by atoms with E-state index in [-0.39, 0.29) is 23.4 Å². The maximum atomic E-state index is 13.8. The Balaban J connectivity index is 1.60. The Morgan fingerprint density at radius 2 is 1.57 bits per heavy atom. The average molecular weight is 595 g/mol. The van der Waals surface area contributed by atoms with E-state index in [0.29, 0.717) is 5.02 Å². The van der Waals surface area contributed by atoms with Gasteiger partial charge in [0.1, 0.15) is 17.0 Å². The summed E-state index contributed by atoms with van der Waals surface area (Å²) in [5.41, 5.74) is -0.299. The van der Waals surface area contributed by atoms with Gasteiger partial charge in [0.2, 0.25) is 0 Å². The average Bonchev–Trinajstić information content (AvgIpc) is 2.97. The molecule has 1 atom stereocenters. The van der Waals surface area contributed by atoms with Crippen molar-refractivity contribution in [2.75, 3.05) is 0 Å². The maximum Gasteiger partial charge on any atom is 0.461 e. The molecule has 0 aliphatic rings. The first-order chi connectivity index (χ1) is 20.1. The molecule has 1 amide bonds. The van der Waals surface area contributed by atoms with Gasteiger partial charge in [-0.2, -0.15) is 17.6 Å². The molecule has 1 N–H and O–H groups in total. The molecular formula is C32H23ClF4N2O3. The Kier molecular flexibility index (Phi) is 8.31. The lowest BCUT2D eigenvalue weighted by molar-refractivity contribution is -0.253. The van der Waals surface area contributed by atoms with Crippen molar-refractivity contribution in [2.24, 2.45) is 0 Å². The van der Waals surface area contributed by atoms with E-state index in [9.17, 15) is 22.4 Å². The normalized spacial score (nSPS) is 13.0. The van der Waals surface area contributed by atoms with Gasteiger partial charge in [0.25, 0.3) is 0 Å². The van der Waals surface area contributed by atoms with Gasteiger partial charge < -0.3 is 14.8 Å². The maximum absolute atomic E-state index is 13.8. The number of carbonyl (C=O) groups is 1. The van der Waals surface area contributed by atoms with Gasteiger partial charge in [-0.05, 0) is 58.3 Å². The van der Waals surface area contributed by atoms with Crippen LogP contribution in [-0.4, -0.2) is 23.6 Å². The summed E-state index contributed by atoms with van der Waals surface area (Å²) in [5, 5.41) is 5.00. The molecule has 5 aromatic rings. The molecule has 5 rings (SSSR count). The summed E-state index contributed by atoms with van der Waals surface area (Å²) >= 11 is 6.11. The standard InChI is InChI=1S/C32H23ClF4N2O3/c33-25-14-16-28(38-20-25)31(19-21-7-2-1-3-8-21,24-11-6-12-27(18-24)42-32(36,37)29(34)35)39-30(40)41-26-15-13-22-9-4-5-10-23(22)17-26/h1-18,20,29H,19H2,(H,39,40)/t31-/m0/s1. The second kappa shape index (κ2) is 12.1. The van der Waals surface area contributed by atoms with E-state index in [0.717, 1.165) is 28.5 Å². The van der Waals surface area contributed by atoms with Gasteiger partial charge in [0, 0.05) is 12.6 Å². The van der Waals surface area contributed by atoms with Gasteiger partial charge in [0.15, 0.2) is 0 Å². The molecule has 0 aliphatic heterocycles. The van der Waals surface area contributed by atoms with E-state index in [2.05, 4.69) is 15.0 Å². The van der Waals surface area contributed by atoms with Gasteiger partial charge in [-0.15, -0.1) is 0 Å². The first kappa shape index (κ1) is 28.9. The van der Waals surface area contributed by atoms with Crippen LogP contribution < -0.4 is 14.8 Å². The van der Waals surface area contributed by atoms with E-state index in [1.165, 1.54) is 12.3 Å². The minimum Gasteiger partial charge on any atom is -0.428 e. The fourth-order valence-electron chi connectivity index (χ4n) is 4.62. The minimum atomic E-state index is -4.73. The van der Waals surface area contributed by atoms with Crippen LogP contribution in [0.3, 0.4) is 0 Å². The van der Waals surface area contributed by atoms with Crippen molar-refractivity contribution in [3.05, 3.63) is 137 Å². The van der Waals surface area contributed by atoms with Crippen LogP contribution in [0.4, 0.5) is 22.4 Å². The van der Waals surface area contributed by atoms with Crippen LogP contribution in [0.2, 0.25) is 5.02 Å². The van der Waals surface area contributed by atoms with E-state index < -0.39 is 29.9 Å². The van der Waals surface area contributed by atoms with Gasteiger partial charge in [-0.25, -0.2) is 4.79 Å². The monoisotopic (exact) mass is 594 g/mol. The van der Waals surface area contributed by atoms with E-state index in [4.69, 9.17) is 16.3 Å². The Labute approximate surface area is 243 Å². The van der Waals surface area contributed by atoms with E-state index in [1.54, 1.807) is 48.5 Å². The summed E-state index contributed by atoms with van der Waals surface area (Å²) in [5.74, 6) is -0.272. The number of hydrogen-bond donors (Lipinski definition) is 1. The number of nitrogens with zero attached hydrogens (tertiary/aromatic N) is 1. The largest absolute Gasteiger partial charge is 0.461 e. The van der Waals surface area contributed by atoms with Crippen molar-refractivity contribution in [1.82, 2.24) is 10.3 Å². The number of ether oxygens (including phenoxy) is 2. The molecule has 0 unspecified atom stereocenters. The van der Waals surface area contributed by atoms with Crippen molar-refractivity contribution in [2.45, 2.75) is 24.5 Å². The first-order valence-electron chi connectivity index (χ1n) is 12.7. The zero-order valence-corrected chi connectivity index (χ0v) is 22.6. The predicted octanol–water partition coefficient (Wildman–Crippen LogP) is 8.40. The molecule has 1 heterocycles. The highest BCUT2D eigenvalue weighted by atomic mass is 35.5. The molecule has 5 nitrogen and oxygen atoms in total. The van der Waals surface area contributed by atoms with E-state index in [1.807, 2.05) is 42.5 Å². The number of rotatable bonds is 9. The number of alkyl halides is 4. The molecule has 0 spiro atoms. The van der Waals surface area contributed by atoms with Gasteiger partial charge in [-0.1, -0.05) is 84.4 Å². The third kappa shape index (κ3) is 6.47. The number of carbonyl (C=O) groups excluding carboxylic acids is 1. The second-order valence-electron chi connectivity index (χ2n) is 9.45. The quantitative estimate of drug-likeness (QED) is 0.174. The molecule has 214 valence electrons. The van der Waals surface area contributed by atoms with Crippen LogP contribution in [0.25, 0.3) is 10.8 Å². The van der Waals surface area contributed by atoms with Crippen molar-refractivity contribution >= 4 is 28.5 Å². The number of nitrogens with one attached hydrogen (secondary N) is 1. The van der Waals surface area contributed by atoms with Crippen LogP contribution in [0.15, 0.2) is 115 Å². The summed E-state index contributed by atoms with van der Waals surface area (Å²) < 4.78 is 63.6. The molecule has 0 radical (unpaired) electrons. The second-order valence-corrected chi connectivity index (χ2v) is 9.88. The lowest BCUT2D eigenvalue weighted by Crippen LogP contribution is -2.50. The van der Waals surface area contributed by atoms with Gasteiger partial charge in [-0.3, -0.25) is 4.98 Å². The molecular weight excluding hydrogens is 572 g/mol. The van der Waals surface area contributed by atoms with Crippen LogP contribution in [0, 0.1) is 0 Å². The smallest absolute Gasteiger partial charge is 0.428 e. The predicted molar refractivity (Wildman–Crippen MR) is 151 cm³/mol. The number of pyridine rings is 1. The summed E-state index contributed by atoms with van der Waals surface area (Å²) in [4.78, 5) is 18.0. The molecule has 4 aromatic carbocycles. The number of amides is 1. The van der Waals surface area contributed by atoms with Crippen molar-refractivity contribution in [3.63, 3.8) is 0 Å². The molecule has 1 aromatic heterocycles. The zero-order valence-electron chi connectivity index (χ0n) is 21.8. The minimum absolute atomic E-state index is 0.0734. The Morgan fingerprint density at radius 3 is 2.29 bits per heavy atom. The molecule has 0 fully saturated rings. The zero-order chi connectivity index (χ0) is 29.7. The fraction of sp³-hybridized carbons (Fsp3) is 0.125. The molecule has 0 bridgehead atoms. The van der Waals surface area contributed by atoms with E-state index >= 15 is 0 Å². The summed E-state index contributed by atoms with van der Waals surface area (Å²) in [6.07, 6.45) is -8.21. The SMILES string of the molecule is O=C(N[C@@](Cc1ccccc1)(c1cccc(OC(F)(F)C(F)F)c1)c1ccc(Cl)cn1)Oc1ccc2ccccc2c1. The van der Waals surface area contributed by atoms with Crippen LogP contribution in [0.5, 0.6) is 11.5 Å². The molecule has 0 saturated heterocycles. The number of fused-ring (bicyclic) bond motifs is 1. The Morgan fingerprint density at radius 1 is 0.833 bits per heavy atom. The number of hydrogen-bond acceptors (Lipinski definition) is 4. The van der Waals surface area contributed by atoms with Crippen molar-refractivity contribution in [1.29, 1.82) is 0 Å². The highest BCUT2D eigenvalue weighted by molar-refractivity contribution is 6.30. The van der Waals surface area contributed by atoms with Crippen molar-refractivity contribution < 1.29 is 31.8 Å². The summed E-state index contributed by atoms with van der Waals surface area (Å²) in [6.45, 7) is 0. The molecule has 10 heteroatoms. The number of benzene rings is 4. The summed E-state index contributed by atoms with van der Waals surface area (Å²) in [7, 11) is 0. The summed E-state index contributed by atoms with van der Waals surface area (Å²) in [6, 6.07) is 30.0. The topological polar surface area (TPSA) is 60.5 Å². The highest BCUT2D eigenvalue weighted by Gasteiger charge is 2.45. The number of aromatic nitrogens is 1. The lowest BCUT2D eigenvalue weighted by atomic mass is 9.80. The van der Waals surface area contributed by atoms with Gasteiger partial charge >= 0.3 is 18.6 Å². The van der Waals surface area contributed by atoms with Crippen LogP contribution in [-0.2, 0) is 12.0 Å². The fourth-order valence-corrected chi connectivity index (χ4v) is 4.73. The number of halogens is 5. The van der Waals surface area contributed by atoms with Crippen molar-refractivity contribution in [3.8, 4) is 11.5 Å². The Bertz CT molecular complexity index is 1690. The molecule has 0 saturated carbocycles. The Hall–Kier alpha value is -4.63. The third-order valence-electron chi connectivity index (χ3n) is 6.56. The van der Waals surface area contributed by atoms with Gasteiger partial charge in [0.05, 0.1) is 10.7 Å². The lowest BCUT2D eigenvalue weighted by Gasteiger charge is -2.35. The molecule has 0 aliphatic carbocycles. The highest BCUT2D eigenvalue weighted by Crippen LogP contribution is 2.37. The van der Waals surface area contributed by atoms with Crippen LogP contribution in [0.1, 0.15) is 16.8 Å².